The van der Waals surface area contributed by atoms with Crippen molar-refractivity contribution in [1.29, 1.82) is 0 Å². The van der Waals surface area contributed by atoms with E-state index in [-0.39, 0.29) is 5.91 Å². The molecule has 1 unspecified atom stereocenters. The topological polar surface area (TPSA) is 102 Å². The summed E-state index contributed by atoms with van der Waals surface area (Å²) < 4.78 is 5.24. The molecule has 0 aliphatic carbocycles. The number of carbonyl (C=O) groups is 3. The number of nitrogens with two attached hydrogens (primary N) is 1. The fourth-order valence-corrected chi connectivity index (χ4v) is 2.57. The van der Waals surface area contributed by atoms with E-state index >= 15 is 0 Å². The second kappa shape index (κ2) is 9.78. The van der Waals surface area contributed by atoms with Gasteiger partial charge in [0, 0.05) is 6.54 Å². The Bertz CT molecular complexity index is 492. The number of likely N-dealkylation sites (tertiary alicyclic amines) is 1. The van der Waals surface area contributed by atoms with Crippen molar-refractivity contribution in [3.63, 3.8) is 0 Å². The van der Waals surface area contributed by atoms with Crippen LogP contribution < -0.4 is 11.1 Å². The van der Waals surface area contributed by atoms with E-state index in [9.17, 15) is 14.4 Å². The number of hydrogen-bond acceptors (Lipinski definition) is 4. The van der Waals surface area contributed by atoms with Crippen LogP contribution >= 0.6 is 0 Å². The molecule has 1 rings (SSSR count). The number of primary amides is 1. The van der Waals surface area contributed by atoms with E-state index in [1.54, 1.807) is 20.8 Å². The summed E-state index contributed by atoms with van der Waals surface area (Å²) in [6, 6.07) is -1.40. The number of nitrogens with zero attached hydrogens (tertiary/aromatic N) is 1. The van der Waals surface area contributed by atoms with Gasteiger partial charge in [-0.25, -0.2) is 4.79 Å². The molecule has 3 amide bonds. The van der Waals surface area contributed by atoms with Crippen LogP contribution in [0.5, 0.6) is 0 Å². The van der Waals surface area contributed by atoms with Gasteiger partial charge in [0.25, 0.3) is 0 Å². The monoisotopic (exact) mass is 371 g/mol. The average Bonchev–Trinajstić information content (AvgIpc) is 2.91. The zero-order valence-electron chi connectivity index (χ0n) is 17.6. The summed E-state index contributed by atoms with van der Waals surface area (Å²) in [6.07, 6.45) is 1.88. The maximum atomic E-state index is 12.9. The van der Waals surface area contributed by atoms with Crippen LogP contribution in [0, 0.1) is 5.41 Å². The second-order valence-electron chi connectivity index (χ2n) is 8.74. The number of hydrogen-bond donors (Lipinski definition) is 2. The Hall–Kier alpha value is -1.79. The lowest BCUT2D eigenvalue weighted by atomic mass is 9.85. The highest BCUT2D eigenvalue weighted by molar-refractivity contribution is 5.91. The standard InChI is InChI=1S/C16H29N3O4.C3H8/c1-15(2,3)11(18-14(22)23-16(4,5)6)13(21)19-9-7-8-10(19)12(17)20;1-3-2/h10-11H,7-9H2,1-6H3,(H2,17,20)(H,18,22);3H2,1-2H3/t10-,11?;/m0./s1. The minimum atomic E-state index is -0.794. The van der Waals surface area contributed by atoms with E-state index in [1.807, 2.05) is 20.8 Å². The third kappa shape index (κ3) is 8.06. The first-order valence-corrected chi connectivity index (χ1v) is 9.33. The smallest absolute Gasteiger partial charge is 0.408 e. The van der Waals surface area contributed by atoms with Crippen LogP contribution in [-0.2, 0) is 14.3 Å². The quantitative estimate of drug-likeness (QED) is 0.796. The molecule has 7 nitrogen and oxygen atoms in total. The highest BCUT2D eigenvalue weighted by Gasteiger charge is 2.41. The summed E-state index contributed by atoms with van der Waals surface area (Å²) in [5.74, 6) is -0.814. The van der Waals surface area contributed by atoms with Crippen molar-refractivity contribution in [2.45, 2.75) is 92.3 Å². The Balaban J connectivity index is 0.00000194. The second-order valence-corrected chi connectivity index (χ2v) is 8.74. The molecule has 26 heavy (non-hydrogen) atoms. The predicted molar refractivity (Wildman–Crippen MR) is 103 cm³/mol. The first-order valence-electron chi connectivity index (χ1n) is 9.33. The number of amides is 3. The van der Waals surface area contributed by atoms with Crippen molar-refractivity contribution in [2.75, 3.05) is 6.54 Å². The molecule has 7 heteroatoms. The van der Waals surface area contributed by atoms with Gasteiger partial charge in [-0.3, -0.25) is 9.59 Å². The molecular weight excluding hydrogens is 334 g/mol. The van der Waals surface area contributed by atoms with Gasteiger partial charge in [-0.1, -0.05) is 41.0 Å². The largest absolute Gasteiger partial charge is 0.444 e. The molecule has 0 aromatic carbocycles. The Morgan fingerprint density at radius 3 is 2.04 bits per heavy atom. The Kier molecular flexibility index (Phi) is 9.11. The predicted octanol–water partition coefficient (Wildman–Crippen LogP) is 2.82. The Labute approximate surface area is 158 Å². The average molecular weight is 372 g/mol. The van der Waals surface area contributed by atoms with Crippen molar-refractivity contribution in [2.24, 2.45) is 11.1 Å². The molecule has 1 heterocycles. The minimum Gasteiger partial charge on any atom is -0.444 e. The third-order valence-corrected chi connectivity index (χ3v) is 3.64. The van der Waals surface area contributed by atoms with Crippen molar-refractivity contribution in [3.8, 4) is 0 Å². The van der Waals surface area contributed by atoms with Gasteiger partial charge in [-0.2, -0.15) is 0 Å². The molecular formula is C19H37N3O4. The SMILES string of the molecule is CC(C)(C)OC(=O)NC(C(=O)N1CCC[C@H]1C(N)=O)C(C)(C)C.CCC. The molecule has 1 saturated heterocycles. The number of alkyl carbamates (subject to hydrolysis) is 1. The summed E-state index contributed by atoms with van der Waals surface area (Å²) >= 11 is 0. The molecule has 0 saturated carbocycles. The number of rotatable bonds is 3. The lowest BCUT2D eigenvalue weighted by Crippen LogP contribution is -2.57. The van der Waals surface area contributed by atoms with Crippen molar-refractivity contribution in [3.05, 3.63) is 0 Å². The highest BCUT2D eigenvalue weighted by atomic mass is 16.6. The van der Waals surface area contributed by atoms with E-state index in [1.165, 1.54) is 11.3 Å². The van der Waals surface area contributed by atoms with E-state index < -0.39 is 35.1 Å². The Morgan fingerprint density at radius 1 is 1.15 bits per heavy atom. The van der Waals surface area contributed by atoms with Gasteiger partial charge in [0.2, 0.25) is 11.8 Å². The lowest BCUT2D eigenvalue weighted by Gasteiger charge is -2.35. The van der Waals surface area contributed by atoms with Crippen molar-refractivity contribution in [1.82, 2.24) is 10.2 Å². The van der Waals surface area contributed by atoms with Gasteiger partial charge in [-0.15, -0.1) is 0 Å². The first kappa shape index (κ1) is 24.2. The number of ether oxygens (including phenoxy) is 1. The van der Waals surface area contributed by atoms with Crippen molar-refractivity contribution >= 4 is 17.9 Å². The summed E-state index contributed by atoms with van der Waals surface area (Å²) in [6.45, 7) is 15.5. The normalized spacial score (nSPS) is 18.5. The molecule has 152 valence electrons. The molecule has 0 aromatic rings. The molecule has 0 spiro atoms. The number of nitrogens with one attached hydrogen (secondary N) is 1. The van der Waals surface area contributed by atoms with Crippen LogP contribution in [0.4, 0.5) is 4.79 Å². The van der Waals surface area contributed by atoms with E-state index in [0.717, 1.165) is 6.42 Å². The maximum absolute atomic E-state index is 12.9. The van der Waals surface area contributed by atoms with Crippen LogP contribution in [0.15, 0.2) is 0 Å². The van der Waals surface area contributed by atoms with Gasteiger partial charge in [0.1, 0.15) is 17.7 Å². The summed E-state index contributed by atoms with van der Waals surface area (Å²) in [5.41, 5.74) is 4.19. The fraction of sp³-hybridized carbons (Fsp3) is 0.842. The summed E-state index contributed by atoms with van der Waals surface area (Å²) in [5, 5.41) is 2.65. The van der Waals surface area contributed by atoms with Gasteiger partial charge >= 0.3 is 6.09 Å². The van der Waals surface area contributed by atoms with E-state index in [2.05, 4.69) is 19.2 Å². The van der Waals surface area contributed by atoms with Crippen LogP contribution in [-0.4, -0.2) is 47.0 Å². The Morgan fingerprint density at radius 2 is 1.65 bits per heavy atom. The maximum Gasteiger partial charge on any atom is 0.408 e. The first-order chi connectivity index (χ1) is 11.7. The summed E-state index contributed by atoms with van der Waals surface area (Å²) in [4.78, 5) is 37.9. The van der Waals surface area contributed by atoms with Crippen molar-refractivity contribution < 1.29 is 19.1 Å². The van der Waals surface area contributed by atoms with Gasteiger partial charge in [-0.05, 0) is 39.0 Å². The van der Waals surface area contributed by atoms with Gasteiger partial charge < -0.3 is 20.7 Å². The van der Waals surface area contributed by atoms with E-state index in [0.29, 0.717) is 13.0 Å². The molecule has 0 aromatic heterocycles. The zero-order chi connectivity index (χ0) is 20.7. The molecule has 1 aliphatic rings. The third-order valence-electron chi connectivity index (χ3n) is 3.64. The minimum absolute atomic E-state index is 0.301. The molecule has 0 radical (unpaired) electrons. The molecule has 1 fully saturated rings. The fourth-order valence-electron chi connectivity index (χ4n) is 2.57. The zero-order valence-corrected chi connectivity index (χ0v) is 17.6. The summed E-state index contributed by atoms with van der Waals surface area (Å²) in [7, 11) is 0. The molecule has 3 N–H and O–H groups in total. The number of carbonyl (C=O) groups excluding carboxylic acids is 3. The van der Waals surface area contributed by atoms with Gasteiger partial charge in [0.15, 0.2) is 0 Å². The van der Waals surface area contributed by atoms with E-state index in [4.69, 9.17) is 10.5 Å². The van der Waals surface area contributed by atoms with Crippen LogP contribution in [0.25, 0.3) is 0 Å². The van der Waals surface area contributed by atoms with Crippen LogP contribution in [0.3, 0.4) is 0 Å². The molecule has 2 atom stereocenters. The van der Waals surface area contributed by atoms with Crippen LogP contribution in [0.1, 0.15) is 74.7 Å². The lowest BCUT2D eigenvalue weighted by molar-refractivity contribution is -0.141. The molecule has 0 bridgehead atoms. The highest BCUT2D eigenvalue weighted by Crippen LogP contribution is 2.26. The van der Waals surface area contributed by atoms with Gasteiger partial charge in [0.05, 0.1) is 0 Å². The van der Waals surface area contributed by atoms with Crippen LogP contribution in [0.2, 0.25) is 0 Å². The molecule has 1 aliphatic heterocycles.